The van der Waals surface area contributed by atoms with Crippen molar-refractivity contribution in [3.05, 3.63) is 55.2 Å². The Bertz CT molecular complexity index is 1260. The number of hydrogen-bond acceptors (Lipinski definition) is 7. The lowest BCUT2D eigenvalue weighted by molar-refractivity contribution is -0.384. The number of aromatic nitrogens is 2. The van der Waals surface area contributed by atoms with E-state index in [1.54, 1.807) is 28.9 Å². The number of nitrogens with one attached hydrogen (secondary N) is 1. The van der Waals surface area contributed by atoms with E-state index in [9.17, 15) is 19.7 Å². The summed E-state index contributed by atoms with van der Waals surface area (Å²) in [7, 11) is 0. The van der Waals surface area contributed by atoms with Gasteiger partial charge in [0.1, 0.15) is 4.83 Å². The van der Waals surface area contributed by atoms with Crippen LogP contribution in [-0.2, 0) is 24.2 Å². The number of nitrogens with zero attached hydrogens (tertiary/aromatic N) is 3. The number of aryl methyl sites for hydroxylation is 2. The first kappa shape index (κ1) is 22.5. The molecule has 2 heterocycles. The maximum Gasteiger partial charge on any atom is 0.271 e. The molecule has 32 heavy (non-hydrogen) atoms. The van der Waals surface area contributed by atoms with E-state index in [-0.39, 0.29) is 23.1 Å². The van der Waals surface area contributed by atoms with E-state index in [0.29, 0.717) is 17.4 Å². The Balaban J connectivity index is 1.62. The molecule has 4 rings (SSSR count). The Kier molecular flexibility index (Phi) is 6.34. The van der Waals surface area contributed by atoms with E-state index in [1.807, 2.05) is 13.8 Å². The van der Waals surface area contributed by atoms with Crippen molar-refractivity contribution in [3.63, 3.8) is 0 Å². The van der Waals surface area contributed by atoms with Gasteiger partial charge in [0.25, 0.3) is 11.2 Å². The predicted molar refractivity (Wildman–Crippen MR) is 128 cm³/mol. The minimum atomic E-state index is -0.552. The minimum absolute atomic E-state index is 0.0307. The lowest BCUT2D eigenvalue weighted by Gasteiger charge is -2.17. The van der Waals surface area contributed by atoms with Crippen LogP contribution >= 0.6 is 23.1 Å². The fourth-order valence-electron chi connectivity index (χ4n) is 3.83. The standard InChI is InChI=1S/C22H24N4O4S2/c1-12(2)11-25-21(28)18-16-8-5-9-17(16)32-20(18)24-22(25)31-13(3)19(27)23-14-6-4-7-15(10-14)26(29)30/h4,6-7,10,12-13H,5,8-9,11H2,1-3H3,(H,23,27)/t13-/m0/s1. The zero-order valence-electron chi connectivity index (χ0n) is 18.1. The van der Waals surface area contributed by atoms with Crippen LogP contribution in [0.15, 0.2) is 34.2 Å². The summed E-state index contributed by atoms with van der Waals surface area (Å²) in [6.07, 6.45) is 2.99. The molecule has 1 aromatic carbocycles. The molecule has 1 amide bonds. The molecule has 3 aromatic rings. The Morgan fingerprint density at radius 2 is 2.12 bits per heavy atom. The van der Waals surface area contributed by atoms with E-state index in [4.69, 9.17) is 4.98 Å². The second kappa shape index (κ2) is 9.03. The number of non-ortho nitro benzene ring substituents is 1. The van der Waals surface area contributed by atoms with Crippen molar-refractivity contribution in [2.75, 3.05) is 5.32 Å². The number of fused-ring (bicyclic) bond motifs is 3. The molecule has 0 saturated carbocycles. The van der Waals surface area contributed by atoms with E-state index < -0.39 is 10.2 Å². The van der Waals surface area contributed by atoms with Gasteiger partial charge in [0, 0.05) is 29.2 Å². The number of carbonyl (C=O) groups is 1. The third kappa shape index (κ3) is 4.42. The molecular formula is C22H24N4O4S2. The van der Waals surface area contributed by atoms with Crippen LogP contribution < -0.4 is 10.9 Å². The highest BCUT2D eigenvalue weighted by atomic mass is 32.2. The van der Waals surface area contributed by atoms with Crippen molar-refractivity contribution >= 4 is 50.6 Å². The molecule has 168 valence electrons. The summed E-state index contributed by atoms with van der Waals surface area (Å²) in [5.74, 6) is -0.0680. The highest BCUT2D eigenvalue weighted by molar-refractivity contribution is 8.00. The second-order valence-corrected chi connectivity index (χ2v) is 10.7. The Morgan fingerprint density at radius 3 is 2.84 bits per heavy atom. The summed E-state index contributed by atoms with van der Waals surface area (Å²) in [4.78, 5) is 43.4. The first-order chi connectivity index (χ1) is 15.2. The number of thiophene rings is 1. The summed E-state index contributed by atoms with van der Waals surface area (Å²) >= 11 is 2.81. The summed E-state index contributed by atoms with van der Waals surface area (Å²) in [6.45, 7) is 6.35. The molecule has 0 fully saturated rings. The average Bonchev–Trinajstić information content (AvgIpc) is 3.31. The van der Waals surface area contributed by atoms with Gasteiger partial charge in [0.05, 0.1) is 15.6 Å². The quantitative estimate of drug-likeness (QED) is 0.232. The smallest absolute Gasteiger partial charge is 0.271 e. The van der Waals surface area contributed by atoms with Gasteiger partial charge in [-0.3, -0.25) is 24.3 Å². The van der Waals surface area contributed by atoms with Gasteiger partial charge in [0.2, 0.25) is 5.91 Å². The number of amides is 1. The molecule has 2 aromatic heterocycles. The summed E-state index contributed by atoms with van der Waals surface area (Å²) in [5.41, 5.74) is 1.38. The van der Waals surface area contributed by atoms with E-state index in [1.165, 1.54) is 34.8 Å². The summed E-state index contributed by atoms with van der Waals surface area (Å²) in [5, 5.41) is 14.4. The first-order valence-corrected chi connectivity index (χ1v) is 12.2. The Labute approximate surface area is 193 Å². The van der Waals surface area contributed by atoms with Crippen molar-refractivity contribution in [1.29, 1.82) is 0 Å². The highest BCUT2D eigenvalue weighted by Crippen LogP contribution is 2.36. The molecule has 0 saturated heterocycles. The van der Waals surface area contributed by atoms with Crippen molar-refractivity contribution in [1.82, 2.24) is 9.55 Å². The molecule has 0 radical (unpaired) electrons. The third-order valence-electron chi connectivity index (χ3n) is 5.31. The molecule has 1 aliphatic rings. The Hall–Kier alpha value is -2.72. The van der Waals surface area contributed by atoms with Crippen LogP contribution in [0.3, 0.4) is 0 Å². The topological polar surface area (TPSA) is 107 Å². The molecule has 0 unspecified atom stereocenters. The van der Waals surface area contributed by atoms with Crippen LogP contribution in [0.5, 0.6) is 0 Å². The first-order valence-electron chi connectivity index (χ1n) is 10.5. The molecule has 1 atom stereocenters. The van der Waals surface area contributed by atoms with E-state index in [2.05, 4.69) is 5.32 Å². The number of nitro groups is 1. The molecule has 0 aliphatic heterocycles. The number of hydrogen-bond donors (Lipinski definition) is 1. The van der Waals surface area contributed by atoms with Gasteiger partial charge >= 0.3 is 0 Å². The maximum atomic E-state index is 13.4. The minimum Gasteiger partial charge on any atom is -0.325 e. The van der Waals surface area contributed by atoms with Gasteiger partial charge in [-0.15, -0.1) is 11.3 Å². The number of carbonyl (C=O) groups excluding carboxylic acids is 1. The predicted octanol–water partition coefficient (Wildman–Crippen LogP) is 4.63. The average molecular weight is 473 g/mol. The molecule has 0 bridgehead atoms. The number of benzene rings is 1. The lowest BCUT2D eigenvalue weighted by Crippen LogP contribution is -2.28. The molecule has 0 spiro atoms. The largest absolute Gasteiger partial charge is 0.325 e. The molecule has 10 heteroatoms. The van der Waals surface area contributed by atoms with E-state index >= 15 is 0 Å². The SMILES string of the molecule is CC(C)Cn1c(S[C@@H](C)C(=O)Nc2cccc([N+](=O)[O-])c2)nc2sc3c(c2c1=O)CCC3. The molecule has 1 N–H and O–H groups in total. The molecular weight excluding hydrogens is 448 g/mol. The molecule has 8 nitrogen and oxygen atoms in total. The lowest BCUT2D eigenvalue weighted by atomic mass is 10.2. The van der Waals surface area contributed by atoms with E-state index in [0.717, 1.165) is 35.0 Å². The number of thioether (sulfide) groups is 1. The fourth-order valence-corrected chi connectivity index (χ4v) is 6.05. The van der Waals surface area contributed by atoms with Crippen LogP contribution in [0.1, 0.15) is 37.6 Å². The highest BCUT2D eigenvalue weighted by Gasteiger charge is 2.25. The molecule has 1 aliphatic carbocycles. The fraction of sp³-hybridized carbons (Fsp3) is 0.409. The van der Waals surface area contributed by atoms with Crippen molar-refractivity contribution in [2.45, 2.75) is 57.0 Å². The van der Waals surface area contributed by atoms with Gasteiger partial charge in [0.15, 0.2) is 5.16 Å². The van der Waals surface area contributed by atoms with Crippen LogP contribution in [0.4, 0.5) is 11.4 Å². The van der Waals surface area contributed by atoms with Crippen molar-refractivity contribution < 1.29 is 9.72 Å². The third-order valence-corrected chi connectivity index (χ3v) is 7.59. The normalized spacial score (nSPS) is 14.0. The second-order valence-electron chi connectivity index (χ2n) is 8.30. The van der Waals surface area contributed by atoms with Crippen LogP contribution in [0.2, 0.25) is 0 Å². The van der Waals surface area contributed by atoms with Crippen LogP contribution in [0.25, 0.3) is 10.2 Å². The number of nitro benzene ring substituents is 1. The van der Waals surface area contributed by atoms with Crippen LogP contribution in [0, 0.1) is 16.0 Å². The van der Waals surface area contributed by atoms with Gasteiger partial charge in [-0.1, -0.05) is 31.7 Å². The van der Waals surface area contributed by atoms with Gasteiger partial charge in [-0.05, 0) is 43.7 Å². The summed E-state index contributed by atoms with van der Waals surface area (Å²) < 4.78 is 1.69. The van der Waals surface area contributed by atoms with Gasteiger partial charge in [-0.2, -0.15) is 0 Å². The van der Waals surface area contributed by atoms with Crippen molar-refractivity contribution in [3.8, 4) is 0 Å². The van der Waals surface area contributed by atoms with Crippen LogP contribution in [-0.4, -0.2) is 25.6 Å². The number of anilines is 1. The zero-order chi connectivity index (χ0) is 23.0. The zero-order valence-corrected chi connectivity index (χ0v) is 19.7. The Morgan fingerprint density at radius 1 is 1.34 bits per heavy atom. The van der Waals surface area contributed by atoms with Crippen molar-refractivity contribution in [2.24, 2.45) is 5.92 Å². The number of rotatable bonds is 7. The summed E-state index contributed by atoms with van der Waals surface area (Å²) in [6, 6.07) is 5.82. The van der Waals surface area contributed by atoms with Gasteiger partial charge in [-0.25, -0.2) is 4.98 Å². The van der Waals surface area contributed by atoms with Gasteiger partial charge < -0.3 is 5.32 Å². The maximum absolute atomic E-state index is 13.4. The monoisotopic (exact) mass is 472 g/mol.